The van der Waals surface area contributed by atoms with Crippen LogP contribution in [0.4, 0.5) is 5.82 Å². The van der Waals surface area contributed by atoms with E-state index in [1.165, 1.54) is 18.3 Å². The molecule has 0 fully saturated rings. The molecule has 0 aliphatic heterocycles. The van der Waals surface area contributed by atoms with E-state index in [0.717, 1.165) is 22.5 Å². The van der Waals surface area contributed by atoms with Gasteiger partial charge in [0.05, 0.1) is 16.9 Å². The Hall–Kier alpha value is -5.04. The van der Waals surface area contributed by atoms with Crippen molar-refractivity contribution in [2.75, 3.05) is 5.32 Å². The van der Waals surface area contributed by atoms with Crippen LogP contribution in [0.1, 0.15) is 31.8 Å². The van der Waals surface area contributed by atoms with Crippen molar-refractivity contribution in [2.24, 2.45) is 0 Å². The number of benzene rings is 3. The number of carbonyl (C=O) groups excluding carboxylic acids is 1. The lowest BCUT2D eigenvalue weighted by Crippen LogP contribution is -2.04. The number of carbonyl (C=O) groups is 2. The van der Waals surface area contributed by atoms with Gasteiger partial charge in [-0.05, 0) is 24.3 Å². The van der Waals surface area contributed by atoms with E-state index in [-0.39, 0.29) is 11.3 Å². The average Bonchev–Trinajstić information content (AvgIpc) is 3.37. The van der Waals surface area contributed by atoms with Crippen molar-refractivity contribution in [3.63, 3.8) is 0 Å². The molecule has 0 atom stereocenters. The fraction of sp³-hybridized carbons (Fsp3) is 0.0345. The van der Waals surface area contributed by atoms with Crippen LogP contribution in [-0.2, 0) is 6.54 Å². The molecule has 2 heterocycles. The maximum atomic E-state index is 12.8. The first-order chi connectivity index (χ1) is 17.6. The van der Waals surface area contributed by atoms with E-state index < -0.39 is 5.97 Å². The molecule has 36 heavy (non-hydrogen) atoms. The molecule has 3 aromatic carbocycles. The van der Waals surface area contributed by atoms with E-state index in [1.807, 2.05) is 66.9 Å². The molecule has 0 bridgehead atoms. The molecule has 0 saturated carbocycles. The van der Waals surface area contributed by atoms with Gasteiger partial charge in [0.15, 0.2) is 5.78 Å². The van der Waals surface area contributed by atoms with Gasteiger partial charge in [0.2, 0.25) is 0 Å². The molecule has 5 rings (SSSR count). The molecule has 7 nitrogen and oxygen atoms in total. The molecule has 0 unspecified atom stereocenters. The standard InChI is InChI=1S/C29H22N4O3/c34-28(21-7-3-1-4-8-21)22-13-11-20(12-14-22)27-24(19-33(32-27)25-9-5-2-6-10-25)18-31-26-17-23(29(35)36)15-16-30-26/h1-17,19H,18H2,(H,30,31)(H,35,36). The number of nitrogens with zero attached hydrogens (tertiary/aromatic N) is 3. The average molecular weight is 475 g/mol. The van der Waals surface area contributed by atoms with Crippen LogP contribution >= 0.6 is 0 Å². The van der Waals surface area contributed by atoms with Gasteiger partial charge in [0.25, 0.3) is 0 Å². The lowest BCUT2D eigenvalue weighted by molar-refractivity contribution is 0.0696. The van der Waals surface area contributed by atoms with Crippen molar-refractivity contribution >= 4 is 17.6 Å². The largest absolute Gasteiger partial charge is 0.478 e. The van der Waals surface area contributed by atoms with Crippen LogP contribution in [0.3, 0.4) is 0 Å². The third kappa shape index (κ3) is 4.90. The van der Waals surface area contributed by atoms with Crippen molar-refractivity contribution in [3.05, 3.63) is 132 Å². The Morgan fingerprint density at radius 3 is 2.17 bits per heavy atom. The molecule has 2 aromatic heterocycles. The minimum Gasteiger partial charge on any atom is -0.478 e. The molecule has 0 aliphatic rings. The smallest absolute Gasteiger partial charge is 0.335 e. The summed E-state index contributed by atoms with van der Waals surface area (Å²) < 4.78 is 1.80. The van der Waals surface area contributed by atoms with Gasteiger partial charge in [-0.25, -0.2) is 14.5 Å². The SMILES string of the molecule is O=C(O)c1ccnc(NCc2cn(-c3ccccc3)nc2-c2ccc(C(=O)c3ccccc3)cc2)c1. The number of para-hydroxylation sites is 1. The summed E-state index contributed by atoms with van der Waals surface area (Å²) in [5.41, 5.74) is 4.81. The molecule has 7 heteroatoms. The van der Waals surface area contributed by atoms with Crippen LogP contribution in [0, 0.1) is 0 Å². The molecule has 0 amide bonds. The minimum absolute atomic E-state index is 0.0387. The Morgan fingerprint density at radius 2 is 1.47 bits per heavy atom. The fourth-order valence-corrected chi connectivity index (χ4v) is 3.88. The first kappa shape index (κ1) is 22.7. The van der Waals surface area contributed by atoms with Crippen LogP contribution in [0.25, 0.3) is 16.9 Å². The number of aromatic carboxylic acids is 1. The number of pyridine rings is 1. The van der Waals surface area contributed by atoms with Gasteiger partial charge >= 0.3 is 5.97 Å². The zero-order valence-corrected chi connectivity index (χ0v) is 19.2. The van der Waals surface area contributed by atoms with Crippen molar-refractivity contribution in [3.8, 4) is 16.9 Å². The summed E-state index contributed by atoms with van der Waals surface area (Å²) in [5, 5.41) is 17.3. The number of anilines is 1. The maximum absolute atomic E-state index is 12.8. The van der Waals surface area contributed by atoms with Gasteiger partial charge in [-0.2, -0.15) is 5.10 Å². The van der Waals surface area contributed by atoms with Crippen LogP contribution in [0.2, 0.25) is 0 Å². The summed E-state index contributed by atoms with van der Waals surface area (Å²) in [5.74, 6) is -0.594. The lowest BCUT2D eigenvalue weighted by atomic mass is 10.0. The number of rotatable bonds is 8. The van der Waals surface area contributed by atoms with Crippen molar-refractivity contribution in [1.29, 1.82) is 0 Å². The monoisotopic (exact) mass is 474 g/mol. The Bertz CT molecular complexity index is 1510. The van der Waals surface area contributed by atoms with Crippen molar-refractivity contribution in [2.45, 2.75) is 6.54 Å². The maximum Gasteiger partial charge on any atom is 0.335 e. The molecule has 0 radical (unpaired) electrons. The highest BCUT2D eigenvalue weighted by molar-refractivity contribution is 6.09. The number of nitrogens with one attached hydrogen (secondary N) is 1. The predicted molar refractivity (Wildman–Crippen MR) is 137 cm³/mol. The van der Waals surface area contributed by atoms with Crippen LogP contribution in [0.15, 0.2) is 109 Å². The summed E-state index contributed by atoms with van der Waals surface area (Å²) >= 11 is 0. The summed E-state index contributed by atoms with van der Waals surface area (Å²) in [6.07, 6.45) is 3.39. The zero-order chi connectivity index (χ0) is 24.9. The summed E-state index contributed by atoms with van der Waals surface area (Å²) in [6, 6.07) is 29.3. The van der Waals surface area contributed by atoms with E-state index in [0.29, 0.717) is 23.5 Å². The van der Waals surface area contributed by atoms with Gasteiger partial charge in [-0.3, -0.25) is 4.79 Å². The van der Waals surface area contributed by atoms with Crippen LogP contribution in [0.5, 0.6) is 0 Å². The number of carboxylic acids is 1. The first-order valence-corrected chi connectivity index (χ1v) is 11.4. The number of hydrogen-bond donors (Lipinski definition) is 2. The van der Waals surface area contributed by atoms with Crippen molar-refractivity contribution in [1.82, 2.24) is 14.8 Å². The third-order valence-electron chi connectivity index (χ3n) is 5.73. The number of aromatic nitrogens is 3. The second-order valence-corrected chi connectivity index (χ2v) is 8.14. The second-order valence-electron chi connectivity index (χ2n) is 8.14. The lowest BCUT2D eigenvalue weighted by Gasteiger charge is -2.07. The highest BCUT2D eigenvalue weighted by Gasteiger charge is 2.15. The number of ketones is 1. The van der Waals surface area contributed by atoms with Gasteiger partial charge in [-0.1, -0.05) is 72.8 Å². The summed E-state index contributed by atoms with van der Waals surface area (Å²) in [4.78, 5) is 28.3. The molecular weight excluding hydrogens is 452 g/mol. The zero-order valence-electron chi connectivity index (χ0n) is 19.2. The molecule has 5 aromatic rings. The highest BCUT2D eigenvalue weighted by atomic mass is 16.4. The molecule has 176 valence electrons. The molecule has 0 spiro atoms. The molecule has 0 aliphatic carbocycles. The fourth-order valence-electron chi connectivity index (χ4n) is 3.88. The van der Waals surface area contributed by atoms with E-state index in [9.17, 15) is 14.7 Å². The van der Waals surface area contributed by atoms with E-state index in [2.05, 4.69) is 10.3 Å². The Labute approximate surface area is 207 Å². The van der Waals surface area contributed by atoms with Gasteiger partial charge in [0.1, 0.15) is 5.82 Å². The Balaban J connectivity index is 1.46. The van der Waals surface area contributed by atoms with E-state index in [4.69, 9.17) is 5.10 Å². The molecule has 0 saturated heterocycles. The topological polar surface area (TPSA) is 97.1 Å². The van der Waals surface area contributed by atoms with E-state index >= 15 is 0 Å². The Morgan fingerprint density at radius 1 is 0.806 bits per heavy atom. The highest BCUT2D eigenvalue weighted by Crippen LogP contribution is 2.26. The number of carboxylic acid groups (broad SMARTS) is 1. The van der Waals surface area contributed by atoms with Gasteiger partial charge < -0.3 is 10.4 Å². The molecular formula is C29H22N4O3. The van der Waals surface area contributed by atoms with Crippen molar-refractivity contribution < 1.29 is 14.7 Å². The van der Waals surface area contributed by atoms with Crippen LogP contribution in [-0.4, -0.2) is 31.6 Å². The molecule has 2 N–H and O–H groups in total. The predicted octanol–water partition coefficient (Wildman–Crippen LogP) is 5.48. The normalized spacial score (nSPS) is 10.7. The quantitative estimate of drug-likeness (QED) is 0.289. The van der Waals surface area contributed by atoms with Gasteiger partial charge in [0, 0.05) is 41.2 Å². The number of hydrogen-bond acceptors (Lipinski definition) is 5. The second kappa shape index (κ2) is 10.1. The minimum atomic E-state index is -1.01. The summed E-state index contributed by atoms with van der Waals surface area (Å²) in [7, 11) is 0. The first-order valence-electron chi connectivity index (χ1n) is 11.4. The third-order valence-corrected chi connectivity index (χ3v) is 5.73. The summed E-state index contributed by atoms with van der Waals surface area (Å²) in [6.45, 7) is 0.378. The van der Waals surface area contributed by atoms with Crippen LogP contribution < -0.4 is 5.32 Å². The Kier molecular flexibility index (Phi) is 6.36. The van der Waals surface area contributed by atoms with E-state index in [1.54, 1.807) is 28.9 Å². The van der Waals surface area contributed by atoms with Gasteiger partial charge in [-0.15, -0.1) is 0 Å².